The molecule has 3 rings (SSSR count). The second kappa shape index (κ2) is 5.22. The number of aromatic nitrogens is 3. The molecule has 1 amide bonds. The molecule has 0 aromatic carbocycles. The molecule has 2 aromatic rings. The standard InChI is InChI=1S/C14H16N4O/c19-14(12-3-5-15-6-4-12)17-8-1-2-13(10-17)18-9-7-16-11-18/h3-7,9,11,13H,1-2,8,10H2/t13-/m0/s1. The highest BCUT2D eigenvalue weighted by molar-refractivity contribution is 5.94. The molecule has 98 valence electrons. The number of rotatable bonds is 2. The zero-order valence-corrected chi connectivity index (χ0v) is 10.6. The number of carbonyl (C=O) groups is 1. The number of hydrogen-bond donors (Lipinski definition) is 0. The molecule has 5 nitrogen and oxygen atoms in total. The lowest BCUT2D eigenvalue weighted by molar-refractivity contribution is 0.0679. The number of amides is 1. The van der Waals surface area contributed by atoms with Crippen molar-refractivity contribution >= 4 is 5.91 Å². The molecule has 5 heteroatoms. The van der Waals surface area contributed by atoms with Gasteiger partial charge in [0.05, 0.1) is 12.4 Å². The number of hydrogen-bond acceptors (Lipinski definition) is 3. The van der Waals surface area contributed by atoms with E-state index >= 15 is 0 Å². The second-order valence-electron chi connectivity index (χ2n) is 4.79. The van der Waals surface area contributed by atoms with Crippen molar-refractivity contribution in [3.63, 3.8) is 0 Å². The summed E-state index contributed by atoms with van der Waals surface area (Å²) in [5.74, 6) is 0.0900. The number of piperidine rings is 1. The van der Waals surface area contributed by atoms with Gasteiger partial charge in [0.1, 0.15) is 0 Å². The van der Waals surface area contributed by atoms with Crippen molar-refractivity contribution < 1.29 is 4.79 Å². The van der Waals surface area contributed by atoms with E-state index in [0.717, 1.165) is 25.9 Å². The molecule has 0 N–H and O–H groups in total. The van der Waals surface area contributed by atoms with Crippen molar-refractivity contribution in [1.82, 2.24) is 19.4 Å². The van der Waals surface area contributed by atoms with Crippen molar-refractivity contribution in [2.24, 2.45) is 0 Å². The number of likely N-dealkylation sites (tertiary alicyclic amines) is 1. The Labute approximate surface area is 111 Å². The van der Waals surface area contributed by atoms with E-state index in [1.54, 1.807) is 30.7 Å². The second-order valence-corrected chi connectivity index (χ2v) is 4.79. The highest BCUT2D eigenvalue weighted by atomic mass is 16.2. The highest BCUT2D eigenvalue weighted by Gasteiger charge is 2.25. The van der Waals surface area contributed by atoms with Crippen molar-refractivity contribution in [1.29, 1.82) is 0 Å². The fourth-order valence-corrected chi connectivity index (χ4v) is 2.55. The molecule has 19 heavy (non-hydrogen) atoms. The Kier molecular flexibility index (Phi) is 3.27. The summed E-state index contributed by atoms with van der Waals surface area (Å²) in [5.41, 5.74) is 0.710. The van der Waals surface area contributed by atoms with Gasteiger partial charge in [0.25, 0.3) is 5.91 Å². The van der Waals surface area contributed by atoms with Crippen molar-refractivity contribution in [2.75, 3.05) is 13.1 Å². The Bertz CT molecular complexity index is 538. The average Bonchev–Trinajstić information content (AvgIpc) is 3.02. The molecule has 1 atom stereocenters. The number of pyridine rings is 1. The lowest BCUT2D eigenvalue weighted by atomic mass is 10.0. The highest BCUT2D eigenvalue weighted by Crippen LogP contribution is 2.22. The lowest BCUT2D eigenvalue weighted by Crippen LogP contribution is -2.40. The van der Waals surface area contributed by atoms with Gasteiger partial charge in [-0.05, 0) is 25.0 Å². The zero-order valence-electron chi connectivity index (χ0n) is 10.6. The van der Waals surface area contributed by atoms with Gasteiger partial charge in [-0.2, -0.15) is 0 Å². The maximum atomic E-state index is 12.4. The first kappa shape index (κ1) is 11.9. The zero-order chi connectivity index (χ0) is 13.1. The van der Waals surface area contributed by atoms with Crippen molar-refractivity contribution in [3.8, 4) is 0 Å². The van der Waals surface area contributed by atoms with Gasteiger partial charge >= 0.3 is 0 Å². The van der Waals surface area contributed by atoms with E-state index in [0.29, 0.717) is 11.6 Å². The van der Waals surface area contributed by atoms with Crippen molar-refractivity contribution in [3.05, 3.63) is 48.8 Å². The van der Waals surface area contributed by atoms with Crippen LogP contribution in [0.4, 0.5) is 0 Å². The summed E-state index contributed by atoms with van der Waals surface area (Å²) in [6, 6.07) is 3.87. The number of nitrogens with zero attached hydrogens (tertiary/aromatic N) is 4. The Morgan fingerprint density at radius 3 is 2.79 bits per heavy atom. The van der Waals surface area contributed by atoms with Crippen LogP contribution in [0.5, 0.6) is 0 Å². The van der Waals surface area contributed by atoms with Crippen LogP contribution in [-0.4, -0.2) is 38.4 Å². The predicted molar refractivity (Wildman–Crippen MR) is 70.6 cm³/mol. The number of carbonyl (C=O) groups excluding carboxylic acids is 1. The number of imidazole rings is 1. The van der Waals surface area contributed by atoms with Crippen LogP contribution in [0.15, 0.2) is 43.2 Å². The van der Waals surface area contributed by atoms with Crippen LogP contribution in [0.25, 0.3) is 0 Å². The van der Waals surface area contributed by atoms with Crippen LogP contribution in [0.2, 0.25) is 0 Å². The molecular weight excluding hydrogens is 240 g/mol. The summed E-state index contributed by atoms with van der Waals surface area (Å²) in [7, 11) is 0. The lowest BCUT2D eigenvalue weighted by Gasteiger charge is -2.33. The Balaban J connectivity index is 1.73. The first-order valence-corrected chi connectivity index (χ1v) is 6.51. The van der Waals surface area contributed by atoms with Crippen LogP contribution in [0.1, 0.15) is 29.2 Å². The third-order valence-electron chi connectivity index (χ3n) is 3.56. The molecule has 0 unspecified atom stereocenters. The first-order chi connectivity index (χ1) is 9.34. The summed E-state index contributed by atoms with van der Waals surface area (Å²) in [6.07, 6.45) is 11.0. The molecule has 3 heterocycles. The molecule has 0 saturated carbocycles. The van der Waals surface area contributed by atoms with Gasteiger partial charge in [0.15, 0.2) is 0 Å². The third-order valence-corrected chi connectivity index (χ3v) is 3.56. The van der Waals surface area contributed by atoms with Gasteiger partial charge in [0.2, 0.25) is 0 Å². The topological polar surface area (TPSA) is 51.0 Å². The van der Waals surface area contributed by atoms with Crippen molar-refractivity contribution in [2.45, 2.75) is 18.9 Å². The maximum Gasteiger partial charge on any atom is 0.254 e. The van der Waals surface area contributed by atoms with Gasteiger partial charge in [-0.25, -0.2) is 4.98 Å². The van der Waals surface area contributed by atoms with Crippen LogP contribution in [-0.2, 0) is 0 Å². The molecule has 1 aliphatic heterocycles. The van der Waals surface area contributed by atoms with Gasteiger partial charge in [-0.3, -0.25) is 9.78 Å². The largest absolute Gasteiger partial charge is 0.337 e. The molecular formula is C14H16N4O. The third kappa shape index (κ3) is 2.50. The molecule has 0 aliphatic carbocycles. The van der Waals surface area contributed by atoms with E-state index in [4.69, 9.17) is 0 Å². The predicted octanol–water partition coefficient (Wildman–Crippen LogP) is 1.76. The maximum absolute atomic E-state index is 12.4. The minimum atomic E-state index is 0.0900. The average molecular weight is 256 g/mol. The fourth-order valence-electron chi connectivity index (χ4n) is 2.55. The summed E-state index contributed by atoms with van der Waals surface area (Å²) >= 11 is 0. The fraction of sp³-hybridized carbons (Fsp3) is 0.357. The molecule has 0 radical (unpaired) electrons. The Morgan fingerprint density at radius 2 is 2.05 bits per heavy atom. The smallest absolute Gasteiger partial charge is 0.254 e. The van der Waals surface area contributed by atoms with E-state index in [1.165, 1.54) is 0 Å². The Morgan fingerprint density at radius 1 is 1.21 bits per heavy atom. The van der Waals surface area contributed by atoms with Gasteiger partial charge in [-0.15, -0.1) is 0 Å². The van der Waals surface area contributed by atoms with E-state index in [9.17, 15) is 4.79 Å². The quantitative estimate of drug-likeness (QED) is 0.822. The first-order valence-electron chi connectivity index (χ1n) is 6.51. The summed E-state index contributed by atoms with van der Waals surface area (Å²) in [5, 5.41) is 0. The van der Waals surface area contributed by atoms with Crippen LogP contribution in [0.3, 0.4) is 0 Å². The summed E-state index contributed by atoms with van der Waals surface area (Å²) in [4.78, 5) is 22.3. The minimum Gasteiger partial charge on any atom is -0.337 e. The van der Waals surface area contributed by atoms with E-state index in [2.05, 4.69) is 14.5 Å². The Hall–Kier alpha value is -2.17. The molecule has 1 fully saturated rings. The van der Waals surface area contributed by atoms with Crippen LogP contribution >= 0.6 is 0 Å². The summed E-state index contributed by atoms with van der Waals surface area (Å²) < 4.78 is 2.09. The van der Waals surface area contributed by atoms with Gasteiger partial charge in [0, 0.05) is 43.4 Å². The van der Waals surface area contributed by atoms with Gasteiger partial charge < -0.3 is 9.47 Å². The van der Waals surface area contributed by atoms with E-state index < -0.39 is 0 Å². The molecule has 1 aliphatic rings. The molecule has 0 spiro atoms. The molecule has 1 saturated heterocycles. The molecule has 2 aromatic heterocycles. The minimum absolute atomic E-state index is 0.0900. The van der Waals surface area contributed by atoms with Gasteiger partial charge in [-0.1, -0.05) is 0 Å². The molecule has 0 bridgehead atoms. The van der Waals surface area contributed by atoms with Crippen LogP contribution in [0, 0.1) is 0 Å². The monoisotopic (exact) mass is 256 g/mol. The van der Waals surface area contributed by atoms with E-state index in [-0.39, 0.29) is 5.91 Å². The van der Waals surface area contributed by atoms with Crippen LogP contribution < -0.4 is 0 Å². The summed E-state index contributed by atoms with van der Waals surface area (Å²) in [6.45, 7) is 1.57. The SMILES string of the molecule is O=C(c1ccncc1)N1CCC[C@H](n2ccnc2)C1. The normalized spacial score (nSPS) is 19.4. The van der Waals surface area contributed by atoms with E-state index in [1.807, 2.05) is 17.4 Å².